The molecule has 90 valence electrons. The molecule has 0 aliphatic heterocycles. The maximum Gasteiger partial charge on any atom is 0.230 e. The van der Waals surface area contributed by atoms with Gasteiger partial charge in [-0.25, -0.2) is 0 Å². The molecule has 0 aliphatic rings. The average molecular weight is 289 g/mol. The molecule has 1 rings (SSSR count). The summed E-state index contributed by atoms with van der Waals surface area (Å²) in [6.45, 7) is 0.374. The highest BCUT2D eigenvalue weighted by atomic mass is 35.5. The SMILES string of the molecule is N#CCCNC(=O)CSc1cc(Cl)ccc1Cl. The van der Waals surface area contributed by atoms with Gasteiger partial charge in [0.05, 0.1) is 23.3 Å². The van der Waals surface area contributed by atoms with E-state index in [0.717, 1.165) is 4.90 Å². The topological polar surface area (TPSA) is 52.9 Å². The van der Waals surface area contributed by atoms with E-state index in [1.807, 2.05) is 6.07 Å². The van der Waals surface area contributed by atoms with Crippen LogP contribution in [-0.4, -0.2) is 18.2 Å². The molecule has 0 radical (unpaired) electrons. The van der Waals surface area contributed by atoms with Crippen LogP contribution in [0.25, 0.3) is 0 Å². The Morgan fingerprint density at radius 1 is 1.47 bits per heavy atom. The van der Waals surface area contributed by atoms with Crippen LogP contribution in [0, 0.1) is 11.3 Å². The molecule has 1 N–H and O–H groups in total. The molecule has 0 saturated carbocycles. The number of carbonyl (C=O) groups is 1. The van der Waals surface area contributed by atoms with E-state index in [-0.39, 0.29) is 11.7 Å². The summed E-state index contributed by atoms with van der Waals surface area (Å²) < 4.78 is 0. The first-order valence-electron chi connectivity index (χ1n) is 4.85. The number of hydrogen-bond donors (Lipinski definition) is 1. The molecule has 0 aliphatic carbocycles. The van der Waals surface area contributed by atoms with Crippen molar-refractivity contribution in [1.82, 2.24) is 5.32 Å². The van der Waals surface area contributed by atoms with Gasteiger partial charge in [0.1, 0.15) is 0 Å². The van der Waals surface area contributed by atoms with E-state index in [1.54, 1.807) is 18.2 Å². The Kier molecular flexibility index (Phi) is 6.20. The first kappa shape index (κ1) is 14.2. The van der Waals surface area contributed by atoms with Gasteiger partial charge in [0.25, 0.3) is 0 Å². The van der Waals surface area contributed by atoms with Crippen LogP contribution in [0.3, 0.4) is 0 Å². The van der Waals surface area contributed by atoms with Crippen molar-refractivity contribution in [2.45, 2.75) is 11.3 Å². The van der Waals surface area contributed by atoms with Crippen LogP contribution in [0.2, 0.25) is 10.0 Å². The molecule has 3 nitrogen and oxygen atoms in total. The Bertz CT molecular complexity index is 446. The molecular formula is C11H10Cl2N2OS. The summed E-state index contributed by atoms with van der Waals surface area (Å²) in [5.74, 6) is 0.132. The van der Waals surface area contributed by atoms with Crippen molar-refractivity contribution in [1.29, 1.82) is 5.26 Å². The first-order valence-corrected chi connectivity index (χ1v) is 6.59. The number of carbonyl (C=O) groups excluding carboxylic acids is 1. The van der Waals surface area contributed by atoms with Crippen LogP contribution in [0.5, 0.6) is 0 Å². The molecule has 1 amide bonds. The molecule has 0 aromatic heterocycles. The lowest BCUT2D eigenvalue weighted by Gasteiger charge is -2.05. The summed E-state index contributed by atoms with van der Waals surface area (Å²) in [6, 6.07) is 7.06. The lowest BCUT2D eigenvalue weighted by molar-refractivity contribution is -0.118. The Morgan fingerprint density at radius 3 is 2.94 bits per heavy atom. The summed E-state index contributed by atoms with van der Waals surface area (Å²) >= 11 is 13.1. The second kappa shape index (κ2) is 7.44. The number of thioether (sulfide) groups is 1. The normalized spacial score (nSPS) is 9.71. The summed E-state index contributed by atoms with van der Waals surface area (Å²) in [6.07, 6.45) is 0.314. The molecule has 0 saturated heterocycles. The molecule has 1 aromatic rings. The van der Waals surface area contributed by atoms with Gasteiger partial charge in [0, 0.05) is 16.5 Å². The number of nitriles is 1. The quantitative estimate of drug-likeness (QED) is 0.669. The smallest absolute Gasteiger partial charge is 0.230 e. The highest BCUT2D eigenvalue weighted by Gasteiger charge is 2.06. The molecule has 17 heavy (non-hydrogen) atoms. The third kappa shape index (κ3) is 5.31. The zero-order valence-corrected chi connectivity index (χ0v) is 11.2. The maximum atomic E-state index is 11.4. The van der Waals surface area contributed by atoms with Gasteiger partial charge in [-0.3, -0.25) is 4.79 Å². The van der Waals surface area contributed by atoms with E-state index in [2.05, 4.69) is 5.32 Å². The predicted octanol–water partition coefficient (Wildman–Crippen LogP) is 3.12. The number of halogens is 2. The van der Waals surface area contributed by atoms with E-state index in [4.69, 9.17) is 28.5 Å². The fraction of sp³-hybridized carbons (Fsp3) is 0.273. The minimum atomic E-state index is -0.124. The maximum absolute atomic E-state index is 11.4. The number of rotatable bonds is 5. The second-order valence-electron chi connectivity index (χ2n) is 3.12. The molecular weight excluding hydrogens is 279 g/mol. The van der Waals surface area contributed by atoms with Crippen LogP contribution in [-0.2, 0) is 4.79 Å². The number of amides is 1. The summed E-state index contributed by atoms with van der Waals surface area (Å²) in [7, 11) is 0. The Balaban J connectivity index is 2.42. The Labute approximate surface area is 114 Å². The fourth-order valence-corrected chi connectivity index (χ4v) is 2.36. The standard InChI is InChI=1S/C11H10Cl2N2OS/c12-8-2-3-9(13)10(6-8)17-7-11(16)15-5-1-4-14/h2-3,6H,1,5,7H2,(H,15,16). The second-order valence-corrected chi connectivity index (χ2v) is 4.98. The van der Waals surface area contributed by atoms with Gasteiger partial charge in [0.15, 0.2) is 0 Å². The highest BCUT2D eigenvalue weighted by Crippen LogP contribution is 2.29. The van der Waals surface area contributed by atoms with Crippen molar-refractivity contribution >= 4 is 40.9 Å². The summed E-state index contributed by atoms with van der Waals surface area (Å²) in [5, 5.41) is 12.1. The molecule has 0 atom stereocenters. The van der Waals surface area contributed by atoms with Gasteiger partial charge in [0.2, 0.25) is 5.91 Å². The van der Waals surface area contributed by atoms with Crippen molar-refractivity contribution < 1.29 is 4.79 Å². The molecule has 0 spiro atoms. The monoisotopic (exact) mass is 288 g/mol. The van der Waals surface area contributed by atoms with Gasteiger partial charge in [-0.15, -0.1) is 11.8 Å². The first-order chi connectivity index (χ1) is 8.13. The van der Waals surface area contributed by atoms with Crippen molar-refractivity contribution in [3.8, 4) is 6.07 Å². The highest BCUT2D eigenvalue weighted by molar-refractivity contribution is 8.00. The van der Waals surface area contributed by atoms with E-state index < -0.39 is 0 Å². The minimum absolute atomic E-state index is 0.124. The largest absolute Gasteiger partial charge is 0.354 e. The van der Waals surface area contributed by atoms with E-state index in [9.17, 15) is 4.79 Å². The number of hydrogen-bond acceptors (Lipinski definition) is 3. The van der Waals surface area contributed by atoms with E-state index in [0.29, 0.717) is 23.0 Å². The zero-order valence-electron chi connectivity index (χ0n) is 8.87. The lowest BCUT2D eigenvalue weighted by atomic mass is 10.4. The number of nitrogens with zero attached hydrogens (tertiary/aromatic N) is 1. The zero-order chi connectivity index (χ0) is 12.7. The van der Waals surface area contributed by atoms with Gasteiger partial charge in [-0.1, -0.05) is 23.2 Å². The van der Waals surface area contributed by atoms with Gasteiger partial charge in [-0.2, -0.15) is 5.26 Å². The molecule has 0 fully saturated rings. The Hall–Kier alpha value is -0.890. The fourth-order valence-electron chi connectivity index (χ4n) is 1.04. The minimum Gasteiger partial charge on any atom is -0.354 e. The summed E-state index contributed by atoms with van der Waals surface area (Å²) in [5.41, 5.74) is 0. The van der Waals surface area contributed by atoms with Crippen LogP contribution in [0.15, 0.2) is 23.1 Å². The summed E-state index contributed by atoms with van der Waals surface area (Å²) in [4.78, 5) is 12.1. The number of benzene rings is 1. The average Bonchev–Trinajstić information content (AvgIpc) is 2.31. The van der Waals surface area contributed by atoms with Crippen molar-refractivity contribution in [3.05, 3.63) is 28.2 Å². The molecule has 1 aromatic carbocycles. The molecule has 6 heteroatoms. The van der Waals surface area contributed by atoms with Crippen LogP contribution < -0.4 is 5.32 Å². The van der Waals surface area contributed by atoms with Crippen molar-refractivity contribution in [3.63, 3.8) is 0 Å². The lowest BCUT2D eigenvalue weighted by Crippen LogP contribution is -2.25. The van der Waals surface area contributed by atoms with E-state index in [1.165, 1.54) is 11.8 Å². The third-order valence-electron chi connectivity index (χ3n) is 1.81. The molecule has 0 unspecified atom stereocenters. The van der Waals surface area contributed by atoms with Crippen LogP contribution in [0.1, 0.15) is 6.42 Å². The Morgan fingerprint density at radius 2 is 2.24 bits per heavy atom. The van der Waals surface area contributed by atoms with Gasteiger partial charge >= 0.3 is 0 Å². The van der Waals surface area contributed by atoms with E-state index >= 15 is 0 Å². The van der Waals surface area contributed by atoms with Crippen LogP contribution in [0.4, 0.5) is 0 Å². The van der Waals surface area contributed by atoms with Crippen molar-refractivity contribution in [2.75, 3.05) is 12.3 Å². The van der Waals surface area contributed by atoms with Gasteiger partial charge < -0.3 is 5.32 Å². The van der Waals surface area contributed by atoms with Gasteiger partial charge in [-0.05, 0) is 18.2 Å². The molecule has 0 heterocycles. The van der Waals surface area contributed by atoms with Crippen molar-refractivity contribution in [2.24, 2.45) is 0 Å². The predicted molar refractivity (Wildman–Crippen MR) is 70.4 cm³/mol. The number of nitrogens with one attached hydrogen (secondary N) is 1. The molecule has 0 bridgehead atoms. The van der Waals surface area contributed by atoms with Crippen LogP contribution >= 0.6 is 35.0 Å². The third-order valence-corrected chi connectivity index (χ3v) is 3.54.